The number of allylic oxidation sites excluding steroid dienone is 1. The van der Waals surface area contributed by atoms with Crippen molar-refractivity contribution in [2.75, 3.05) is 6.54 Å². The fraction of sp³-hybridized carbons (Fsp3) is 0.750. The molecule has 1 rings (SSSR count). The normalized spacial score (nSPS) is 24.1. The number of hydrogen-bond acceptors (Lipinski definition) is 5. The van der Waals surface area contributed by atoms with E-state index in [1.807, 2.05) is 13.8 Å². The van der Waals surface area contributed by atoms with Crippen LogP contribution in [0.1, 0.15) is 33.1 Å². The number of rotatable bonds is 7. The molecule has 0 aromatic carbocycles. The van der Waals surface area contributed by atoms with Gasteiger partial charge in [0.2, 0.25) is 11.8 Å². The number of aliphatic hydroxyl groups is 3. The van der Waals surface area contributed by atoms with E-state index in [0.29, 0.717) is 13.0 Å². The quantitative estimate of drug-likeness (QED) is 0.314. The van der Waals surface area contributed by atoms with Crippen LogP contribution < -0.4 is 10.6 Å². The summed E-state index contributed by atoms with van der Waals surface area (Å²) < 4.78 is 0. The Bertz CT molecular complexity index is 458. The summed E-state index contributed by atoms with van der Waals surface area (Å²) in [5.74, 6) is -0.891. The molecular formula is C16H27ClN2O5. The summed E-state index contributed by atoms with van der Waals surface area (Å²) in [5.41, 5.74) is 0. The van der Waals surface area contributed by atoms with Crippen molar-refractivity contribution in [3.8, 4) is 0 Å². The Morgan fingerprint density at radius 1 is 1.25 bits per heavy atom. The first-order valence-corrected chi connectivity index (χ1v) is 8.62. The molecule has 5 N–H and O–H groups in total. The van der Waals surface area contributed by atoms with E-state index in [9.17, 15) is 24.9 Å². The van der Waals surface area contributed by atoms with Gasteiger partial charge in [-0.15, -0.1) is 11.6 Å². The lowest BCUT2D eigenvalue weighted by atomic mass is 10.0. The summed E-state index contributed by atoms with van der Waals surface area (Å²) in [7, 11) is 0. The van der Waals surface area contributed by atoms with Gasteiger partial charge in [0.1, 0.15) is 29.7 Å². The summed E-state index contributed by atoms with van der Waals surface area (Å²) in [6.45, 7) is 4.34. The van der Waals surface area contributed by atoms with Crippen molar-refractivity contribution in [2.45, 2.75) is 62.8 Å². The highest BCUT2D eigenvalue weighted by Crippen LogP contribution is 2.14. The maximum Gasteiger partial charge on any atom is 0.242 e. The molecule has 0 saturated carbocycles. The first-order valence-electron chi connectivity index (χ1n) is 8.18. The van der Waals surface area contributed by atoms with Gasteiger partial charge >= 0.3 is 0 Å². The third-order valence-electron chi connectivity index (χ3n) is 3.80. The molecule has 5 atom stereocenters. The molecule has 2 amide bonds. The third kappa shape index (κ3) is 6.39. The molecule has 0 aliphatic carbocycles. The van der Waals surface area contributed by atoms with Gasteiger partial charge in [0.15, 0.2) is 0 Å². The van der Waals surface area contributed by atoms with Crippen LogP contribution in [0, 0.1) is 5.92 Å². The summed E-state index contributed by atoms with van der Waals surface area (Å²) in [4.78, 5) is 23.9. The number of nitrogens with one attached hydrogen (secondary N) is 2. The van der Waals surface area contributed by atoms with Gasteiger partial charge in [-0.05, 0) is 25.2 Å². The Morgan fingerprint density at radius 2 is 1.92 bits per heavy atom. The third-order valence-corrected chi connectivity index (χ3v) is 4.25. The molecule has 0 aromatic rings. The van der Waals surface area contributed by atoms with Crippen LogP contribution in [0.4, 0.5) is 0 Å². The van der Waals surface area contributed by atoms with Gasteiger partial charge in [-0.1, -0.05) is 26.0 Å². The fourth-order valence-electron chi connectivity index (χ4n) is 2.31. The zero-order chi connectivity index (χ0) is 18.3. The summed E-state index contributed by atoms with van der Waals surface area (Å²) in [6, 6.07) is -0.712. The molecule has 0 aromatic heterocycles. The van der Waals surface area contributed by atoms with E-state index in [-0.39, 0.29) is 11.8 Å². The molecule has 1 heterocycles. The number of hydrogen-bond donors (Lipinski definition) is 5. The summed E-state index contributed by atoms with van der Waals surface area (Å²) in [6.07, 6.45) is 0.470. The molecule has 0 radical (unpaired) electrons. The molecule has 7 nitrogen and oxygen atoms in total. The van der Waals surface area contributed by atoms with E-state index >= 15 is 0 Å². The van der Waals surface area contributed by atoms with Crippen molar-refractivity contribution in [1.82, 2.24) is 10.6 Å². The lowest BCUT2D eigenvalue weighted by Crippen LogP contribution is -2.53. The predicted octanol–water partition coefficient (Wildman–Crippen LogP) is -0.326. The topological polar surface area (TPSA) is 119 Å². The molecular weight excluding hydrogens is 336 g/mol. The van der Waals surface area contributed by atoms with E-state index in [4.69, 9.17) is 11.6 Å². The Labute approximate surface area is 147 Å². The zero-order valence-electron chi connectivity index (χ0n) is 14.0. The van der Waals surface area contributed by atoms with Crippen molar-refractivity contribution in [2.24, 2.45) is 5.92 Å². The van der Waals surface area contributed by atoms with Gasteiger partial charge in [0.05, 0.1) is 0 Å². The van der Waals surface area contributed by atoms with Crippen LogP contribution in [0.5, 0.6) is 0 Å². The van der Waals surface area contributed by atoms with Gasteiger partial charge in [0.25, 0.3) is 0 Å². The summed E-state index contributed by atoms with van der Waals surface area (Å²) >= 11 is 5.90. The molecule has 8 heteroatoms. The predicted molar refractivity (Wildman–Crippen MR) is 90.4 cm³/mol. The zero-order valence-corrected chi connectivity index (χ0v) is 14.7. The second-order valence-corrected chi connectivity index (χ2v) is 6.82. The minimum absolute atomic E-state index is 0.160. The Balaban J connectivity index is 2.61. The maximum absolute atomic E-state index is 12.1. The van der Waals surface area contributed by atoms with E-state index in [2.05, 4.69) is 10.6 Å². The number of halogens is 1. The first kappa shape index (κ1) is 20.9. The van der Waals surface area contributed by atoms with Crippen molar-refractivity contribution in [3.05, 3.63) is 12.2 Å². The van der Waals surface area contributed by atoms with Gasteiger partial charge < -0.3 is 26.0 Å². The Hall–Kier alpha value is -1.15. The van der Waals surface area contributed by atoms with E-state index in [1.54, 1.807) is 6.08 Å². The number of carbonyl (C=O) groups is 2. The summed E-state index contributed by atoms with van der Waals surface area (Å²) in [5, 5.41) is 33.4. The van der Waals surface area contributed by atoms with Crippen molar-refractivity contribution < 1.29 is 24.9 Å². The molecule has 1 aliphatic heterocycles. The second-order valence-electron chi connectivity index (χ2n) is 6.35. The monoisotopic (exact) mass is 362 g/mol. The lowest BCUT2D eigenvalue weighted by Gasteiger charge is -2.25. The van der Waals surface area contributed by atoms with Crippen LogP contribution in [0.25, 0.3) is 0 Å². The number of aliphatic hydroxyl groups excluding tert-OH is 3. The molecule has 0 spiro atoms. The fourth-order valence-corrected chi connectivity index (χ4v) is 2.52. The maximum atomic E-state index is 12.1. The van der Waals surface area contributed by atoms with Crippen LogP contribution in [0.15, 0.2) is 12.2 Å². The smallest absolute Gasteiger partial charge is 0.242 e. The van der Waals surface area contributed by atoms with Gasteiger partial charge in [-0.25, -0.2) is 0 Å². The largest absolute Gasteiger partial charge is 0.388 e. The minimum Gasteiger partial charge on any atom is -0.388 e. The minimum atomic E-state index is -1.67. The highest BCUT2D eigenvalue weighted by molar-refractivity contribution is 6.31. The highest BCUT2D eigenvalue weighted by Gasteiger charge is 2.35. The second kappa shape index (κ2) is 9.98. The average molecular weight is 363 g/mol. The van der Waals surface area contributed by atoms with E-state index in [1.165, 1.54) is 6.08 Å². The van der Waals surface area contributed by atoms with Crippen LogP contribution in [0.2, 0.25) is 0 Å². The molecule has 1 saturated heterocycles. The van der Waals surface area contributed by atoms with Crippen molar-refractivity contribution in [3.63, 3.8) is 0 Å². The standard InChI is InChI=1S/C16H27ClN2O5/c1-9(2)6-7-11(20)13(21)14(22)12(17)16(24)19-10-5-3-4-8-18-15(10)23/h6-7,9-14,20-22H,3-5,8H2,1-2H3,(H,18,23)(H,19,24)/b7-6+. The molecule has 5 unspecified atom stereocenters. The lowest BCUT2D eigenvalue weighted by molar-refractivity contribution is -0.131. The molecule has 1 fully saturated rings. The molecule has 138 valence electrons. The molecule has 24 heavy (non-hydrogen) atoms. The van der Waals surface area contributed by atoms with Gasteiger partial charge in [-0.3, -0.25) is 9.59 Å². The van der Waals surface area contributed by atoms with E-state index < -0.39 is 35.6 Å². The first-order chi connectivity index (χ1) is 11.2. The number of carbonyl (C=O) groups excluding carboxylic acids is 2. The van der Waals surface area contributed by atoms with Crippen LogP contribution in [-0.2, 0) is 9.59 Å². The van der Waals surface area contributed by atoms with Crippen LogP contribution in [-0.4, -0.2) is 63.4 Å². The average Bonchev–Trinajstić information content (AvgIpc) is 2.75. The van der Waals surface area contributed by atoms with Gasteiger partial charge in [0, 0.05) is 6.54 Å². The van der Waals surface area contributed by atoms with Gasteiger partial charge in [-0.2, -0.15) is 0 Å². The van der Waals surface area contributed by atoms with Crippen LogP contribution >= 0.6 is 11.6 Å². The highest BCUT2D eigenvalue weighted by atomic mass is 35.5. The Morgan fingerprint density at radius 3 is 2.54 bits per heavy atom. The Kier molecular flexibility index (Phi) is 8.69. The molecule has 0 bridgehead atoms. The number of alkyl halides is 1. The van der Waals surface area contributed by atoms with Crippen LogP contribution in [0.3, 0.4) is 0 Å². The SMILES string of the molecule is CC(C)/C=C/C(O)C(O)C(O)C(Cl)C(=O)NC1CCCCNC1=O. The van der Waals surface area contributed by atoms with E-state index in [0.717, 1.165) is 12.8 Å². The number of amides is 2. The van der Waals surface area contributed by atoms with Crippen molar-refractivity contribution >= 4 is 23.4 Å². The molecule has 1 aliphatic rings. The van der Waals surface area contributed by atoms with Crippen molar-refractivity contribution in [1.29, 1.82) is 0 Å².